The van der Waals surface area contributed by atoms with Gasteiger partial charge < -0.3 is 5.32 Å². The average molecular weight is 483 g/mol. The van der Waals surface area contributed by atoms with E-state index in [0.29, 0.717) is 11.1 Å². The van der Waals surface area contributed by atoms with E-state index in [1.807, 2.05) is 0 Å². The van der Waals surface area contributed by atoms with Crippen LogP contribution in [0.1, 0.15) is 31.9 Å². The Balaban J connectivity index is 2.31. The van der Waals surface area contributed by atoms with Crippen LogP contribution >= 0.6 is 0 Å². The number of rotatable bonds is 9. The molecule has 178 valence electrons. The third-order valence-corrected chi connectivity index (χ3v) is 5.76. The van der Waals surface area contributed by atoms with Gasteiger partial charge in [-0.3, -0.25) is 10.1 Å². The highest BCUT2D eigenvalue weighted by Crippen LogP contribution is 2.34. The van der Waals surface area contributed by atoms with Crippen LogP contribution in [0.3, 0.4) is 0 Å². The number of nitrogens with one attached hydrogen (secondary N) is 2. The quantitative estimate of drug-likeness (QED) is 0.530. The fraction of sp³-hybridized carbons (Fsp3) is 0.409. The molecule has 0 saturated heterocycles. The monoisotopic (exact) mass is 482 g/mol. The Kier molecular flexibility index (Phi) is 8.57. The van der Waals surface area contributed by atoms with E-state index in [9.17, 15) is 26.4 Å². The van der Waals surface area contributed by atoms with Gasteiger partial charge in [0.05, 0.1) is 12.1 Å². The Morgan fingerprint density at radius 1 is 1.12 bits per heavy atom. The van der Waals surface area contributed by atoms with Crippen LogP contribution in [0.2, 0.25) is 0 Å². The molecule has 2 atom stereocenters. The number of carbonyl (C=O) groups excluding carboxylic acids is 1. The smallest absolute Gasteiger partial charge is 0.342 e. The van der Waals surface area contributed by atoms with E-state index in [-0.39, 0.29) is 29.5 Å². The largest absolute Gasteiger partial charge is 0.407 e. The number of carbonyl (C=O) groups is 1. The first-order valence-electron chi connectivity index (χ1n) is 10.1. The Labute approximate surface area is 190 Å². The lowest BCUT2D eigenvalue weighted by molar-refractivity contribution is -0.161. The molecule has 0 spiro atoms. The topological polar surface area (TPSA) is 112 Å². The molecule has 1 aromatic heterocycles. The first kappa shape index (κ1) is 26.3. The summed E-state index contributed by atoms with van der Waals surface area (Å²) in [6.07, 6.45) is -2.16. The second kappa shape index (κ2) is 10.8. The Morgan fingerprint density at radius 3 is 2.18 bits per heavy atom. The van der Waals surface area contributed by atoms with Gasteiger partial charge >= 0.3 is 6.18 Å². The molecule has 0 radical (unpaired) electrons. The second-order valence-electron chi connectivity index (χ2n) is 7.98. The van der Waals surface area contributed by atoms with Gasteiger partial charge in [-0.1, -0.05) is 38.1 Å². The van der Waals surface area contributed by atoms with Gasteiger partial charge in [0.25, 0.3) is 0 Å². The minimum absolute atomic E-state index is 0.0611. The highest BCUT2D eigenvalue weighted by Gasteiger charge is 2.42. The van der Waals surface area contributed by atoms with E-state index >= 15 is 0 Å². The third kappa shape index (κ3) is 7.54. The van der Waals surface area contributed by atoms with Gasteiger partial charge in [-0.25, -0.2) is 13.4 Å². The molecule has 0 aliphatic heterocycles. The summed E-state index contributed by atoms with van der Waals surface area (Å²) in [6.45, 7) is 3.27. The van der Waals surface area contributed by atoms with Gasteiger partial charge in [0, 0.05) is 18.0 Å². The predicted molar refractivity (Wildman–Crippen MR) is 117 cm³/mol. The molecule has 1 amide bonds. The minimum atomic E-state index is -4.68. The molecular weight excluding hydrogens is 457 g/mol. The molecule has 11 heteroatoms. The van der Waals surface area contributed by atoms with Gasteiger partial charge in [-0.15, -0.1) is 0 Å². The molecule has 1 heterocycles. The maximum atomic E-state index is 13.9. The average Bonchev–Trinajstić information content (AvgIpc) is 2.73. The molecule has 0 bridgehead atoms. The van der Waals surface area contributed by atoms with Crippen molar-refractivity contribution in [1.29, 1.82) is 5.26 Å². The fourth-order valence-electron chi connectivity index (χ4n) is 3.19. The van der Waals surface area contributed by atoms with Crippen molar-refractivity contribution in [2.45, 2.75) is 43.6 Å². The summed E-state index contributed by atoms with van der Waals surface area (Å²) < 4.78 is 64.7. The van der Waals surface area contributed by atoms with E-state index < -0.39 is 34.0 Å². The van der Waals surface area contributed by atoms with Crippen molar-refractivity contribution >= 4 is 15.7 Å². The number of benzene rings is 1. The molecule has 0 aliphatic carbocycles. The van der Waals surface area contributed by atoms with Crippen molar-refractivity contribution in [3.63, 3.8) is 0 Å². The van der Waals surface area contributed by atoms with E-state index in [0.717, 1.165) is 6.26 Å². The number of hydrogen-bond donors (Lipinski definition) is 2. The van der Waals surface area contributed by atoms with Crippen LogP contribution in [0.5, 0.6) is 0 Å². The summed E-state index contributed by atoms with van der Waals surface area (Å²) >= 11 is 0. The molecule has 7 nitrogen and oxygen atoms in total. The minimum Gasteiger partial charge on any atom is -0.342 e. The highest BCUT2D eigenvalue weighted by molar-refractivity contribution is 7.90. The third-order valence-electron chi connectivity index (χ3n) is 4.75. The van der Waals surface area contributed by atoms with Crippen LogP contribution in [-0.2, 0) is 14.6 Å². The fourth-order valence-corrected chi connectivity index (χ4v) is 3.75. The standard InChI is InChI=1S/C22H25F3N4O3S/c1-14(2)12-18(21(30)27-11-10-26)29-20(22(23,24)25)16-6-4-15(5-7-16)17-8-9-19(28-13-17)33(3,31)32/h4-9,13-14,18,20,29H,11-12H2,1-3H3,(H,27,30)/t18-,20?/m0/s1. The molecule has 0 fully saturated rings. The summed E-state index contributed by atoms with van der Waals surface area (Å²) in [5.41, 5.74) is 1.01. The Morgan fingerprint density at radius 2 is 1.73 bits per heavy atom. The number of nitrogens with zero attached hydrogens (tertiary/aromatic N) is 2. The molecule has 1 unspecified atom stereocenters. The number of nitriles is 1. The lowest BCUT2D eigenvalue weighted by Gasteiger charge is -2.28. The summed E-state index contributed by atoms with van der Waals surface area (Å²) in [5, 5.41) is 13.3. The van der Waals surface area contributed by atoms with E-state index in [1.165, 1.54) is 42.6 Å². The molecule has 1 aromatic carbocycles. The maximum Gasteiger partial charge on any atom is 0.407 e. The number of aromatic nitrogens is 1. The molecule has 2 rings (SSSR count). The van der Waals surface area contributed by atoms with E-state index in [2.05, 4.69) is 15.6 Å². The summed E-state index contributed by atoms with van der Waals surface area (Å²) in [5.74, 6) is -0.734. The van der Waals surface area contributed by atoms with Crippen molar-refractivity contribution in [2.24, 2.45) is 5.92 Å². The number of halogens is 3. The first-order valence-corrected chi connectivity index (χ1v) is 12.0. The van der Waals surface area contributed by atoms with Crippen molar-refractivity contribution in [3.05, 3.63) is 48.2 Å². The number of amides is 1. The zero-order valence-corrected chi connectivity index (χ0v) is 19.2. The lowest BCUT2D eigenvalue weighted by Crippen LogP contribution is -2.49. The van der Waals surface area contributed by atoms with Crippen LogP contribution in [0.15, 0.2) is 47.6 Å². The molecular formula is C22H25F3N4O3S. The van der Waals surface area contributed by atoms with Crippen LogP contribution < -0.4 is 10.6 Å². The molecule has 33 heavy (non-hydrogen) atoms. The van der Waals surface area contributed by atoms with Crippen molar-refractivity contribution in [2.75, 3.05) is 12.8 Å². The summed E-state index contributed by atoms with van der Waals surface area (Å²) in [6, 6.07) is 6.88. The molecule has 2 N–H and O–H groups in total. The van der Waals surface area contributed by atoms with Crippen LogP contribution in [0, 0.1) is 17.2 Å². The second-order valence-corrected chi connectivity index (χ2v) is 9.94. The molecule has 0 saturated carbocycles. The van der Waals surface area contributed by atoms with Crippen LogP contribution in [0.25, 0.3) is 11.1 Å². The number of alkyl halides is 3. The van der Waals surface area contributed by atoms with Crippen molar-refractivity contribution in [3.8, 4) is 17.2 Å². The maximum absolute atomic E-state index is 13.9. The van der Waals surface area contributed by atoms with Crippen LogP contribution in [0.4, 0.5) is 13.2 Å². The zero-order valence-electron chi connectivity index (χ0n) is 18.3. The summed E-state index contributed by atoms with van der Waals surface area (Å²) in [7, 11) is -3.46. The van der Waals surface area contributed by atoms with Gasteiger partial charge in [0.1, 0.15) is 12.6 Å². The number of pyridine rings is 1. The predicted octanol–water partition coefficient (Wildman–Crippen LogP) is 3.40. The van der Waals surface area contributed by atoms with Gasteiger partial charge in [0.2, 0.25) is 5.91 Å². The lowest BCUT2D eigenvalue weighted by atomic mass is 9.98. The molecule has 0 aliphatic rings. The van der Waals surface area contributed by atoms with Gasteiger partial charge in [0.15, 0.2) is 14.9 Å². The van der Waals surface area contributed by atoms with Crippen LogP contribution in [-0.4, -0.2) is 44.3 Å². The molecule has 2 aromatic rings. The number of sulfone groups is 1. The van der Waals surface area contributed by atoms with Crippen molar-refractivity contribution < 1.29 is 26.4 Å². The van der Waals surface area contributed by atoms with Gasteiger partial charge in [-0.2, -0.15) is 18.4 Å². The van der Waals surface area contributed by atoms with Gasteiger partial charge in [-0.05, 0) is 35.6 Å². The zero-order chi connectivity index (χ0) is 24.8. The Bertz CT molecular complexity index is 1090. The first-order chi connectivity index (χ1) is 15.3. The highest BCUT2D eigenvalue weighted by atomic mass is 32.2. The van der Waals surface area contributed by atoms with E-state index in [4.69, 9.17) is 5.26 Å². The van der Waals surface area contributed by atoms with E-state index in [1.54, 1.807) is 19.9 Å². The normalized spacial score (nSPS) is 13.9. The Hall–Kier alpha value is -2.97. The summed E-state index contributed by atoms with van der Waals surface area (Å²) in [4.78, 5) is 16.2. The number of hydrogen-bond acceptors (Lipinski definition) is 6. The SMILES string of the molecule is CC(C)C[C@H](NC(c1ccc(-c2ccc(S(C)(=O)=O)nc2)cc1)C(F)(F)F)C(=O)NCC#N. The van der Waals surface area contributed by atoms with Crippen molar-refractivity contribution in [1.82, 2.24) is 15.6 Å².